The van der Waals surface area contributed by atoms with Crippen LogP contribution in [-0.4, -0.2) is 53.4 Å². The lowest BCUT2D eigenvalue weighted by Gasteiger charge is -2.29. The average molecular weight is 303 g/mol. The molecular formula is C15H17N3O4. The van der Waals surface area contributed by atoms with E-state index in [4.69, 9.17) is 13.9 Å². The van der Waals surface area contributed by atoms with E-state index in [1.54, 1.807) is 24.0 Å². The quantitative estimate of drug-likeness (QED) is 0.849. The summed E-state index contributed by atoms with van der Waals surface area (Å²) < 4.78 is 16.1. The third kappa shape index (κ3) is 3.25. The molecule has 0 saturated carbocycles. The second kappa shape index (κ2) is 6.57. The van der Waals surface area contributed by atoms with Crippen LogP contribution in [0.25, 0.3) is 11.5 Å². The van der Waals surface area contributed by atoms with Crippen LogP contribution >= 0.6 is 0 Å². The molecule has 0 N–H and O–H groups in total. The lowest BCUT2D eigenvalue weighted by atomic mass is 10.2. The van der Waals surface area contributed by atoms with Crippen LogP contribution in [0.1, 0.15) is 6.92 Å². The van der Waals surface area contributed by atoms with Gasteiger partial charge in [0.25, 0.3) is 5.91 Å². The first-order valence-corrected chi connectivity index (χ1v) is 7.14. The van der Waals surface area contributed by atoms with Crippen LogP contribution in [0.2, 0.25) is 0 Å². The van der Waals surface area contributed by atoms with Gasteiger partial charge in [0.15, 0.2) is 6.10 Å². The predicted octanol–water partition coefficient (Wildman–Crippen LogP) is 1.36. The minimum absolute atomic E-state index is 0.0238. The van der Waals surface area contributed by atoms with Crippen molar-refractivity contribution >= 4 is 5.91 Å². The zero-order valence-corrected chi connectivity index (χ0v) is 12.3. The molecule has 1 atom stereocenters. The summed E-state index contributed by atoms with van der Waals surface area (Å²) >= 11 is 0. The number of carbonyl (C=O) groups is 1. The van der Waals surface area contributed by atoms with Crippen molar-refractivity contribution in [2.45, 2.75) is 13.0 Å². The Balaban J connectivity index is 1.61. The van der Waals surface area contributed by atoms with Gasteiger partial charge >= 0.3 is 0 Å². The van der Waals surface area contributed by atoms with Crippen molar-refractivity contribution < 1.29 is 18.7 Å². The Kier molecular flexibility index (Phi) is 4.34. The number of carbonyl (C=O) groups excluding carboxylic acids is 1. The van der Waals surface area contributed by atoms with Gasteiger partial charge in [0.05, 0.1) is 13.2 Å². The Labute approximate surface area is 127 Å². The van der Waals surface area contributed by atoms with E-state index in [-0.39, 0.29) is 5.91 Å². The van der Waals surface area contributed by atoms with E-state index in [2.05, 4.69) is 10.2 Å². The Hall–Kier alpha value is -2.41. The fourth-order valence-electron chi connectivity index (χ4n) is 2.27. The molecule has 1 saturated heterocycles. The Morgan fingerprint density at radius 3 is 2.64 bits per heavy atom. The molecule has 1 fully saturated rings. The third-order valence-electron chi connectivity index (χ3n) is 3.44. The van der Waals surface area contributed by atoms with Gasteiger partial charge in [-0.15, -0.1) is 10.2 Å². The minimum Gasteiger partial charge on any atom is -0.481 e. The second-order valence-corrected chi connectivity index (χ2v) is 4.97. The maximum atomic E-state index is 12.3. The molecule has 0 radical (unpaired) electrons. The Morgan fingerprint density at radius 1 is 1.27 bits per heavy atom. The number of ether oxygens (including phenoxy) is 2. The highest BCUT2D eigenvalue weighted by atomic mass is 16.5. The fraction of sp³-hybridized carbons (Fsp3) is 0.400. The van der Waals surface area contributed by atoms with Crippen molar-refractivity contribution in [2.24, 2.45) is 0 Å². The molecule has 1 amide bonds. The minimum atomic E-state index is -0.535. The highest BCUT2D eigenvalue weighted by Gasteiger charge is 2.23. The third-order valence-corrected chi connectivity index (χ3v) is 3.44. The molecule has 3 rings (SSSR count). The van der Waals surface area contributed by atoms with E-state index in [1.807, 2.05) is 12.1 Å². The predicted molar refractivity (Wildman–Crippen MR) is 77.2 cm³/mol. The molecule has 2 heterocycles. The van der Waals surface area contributed by atoms with Crippen molar-refractivity contribution in [2.75, 3.05) is 26.3 Å². The van der Waals surface area contributed by atoms with Crippen molar-refractivity contribution in [3.8, 4) is 17.2 Å². The average Bonchev–Trinajstić information content (AvgIpc) is 3.10. The number of morpholine rings is 1. The van der Waals surface area contributed by atoms with Gasteiger partial charge in [0, 0.05) is 18.7 Å². The number of benzene rings is 1. The molecule has 7 nitrogen and oxygen atoms in total. The zero-order valence-electron chi connectivity index (χ0n) is 12.3. The second-order valence-electron chi connectivity index (χ2n) is 4.97. The summed E-state index contributed by atoms with van der Waals surface area (Å²) in [6.45, 7) is 4.14. The first-order chi connectivity index (χ1) is 10.7. The monoisotopic (exact) mass is 303 g/mol. The molecule has 22 heavy (non-hydrogen) atoms. The maximum absolute atomic E-state index is 12.3. The van der Waals surface area contributed by atoms with Crippen molar-refractivity contribution in [1.29, 1.82) is 0 Å². The van der Waals surface area contributed by atoms with Gasteiger partial charge in [-0.05, 0) is 31.2 Å². The Bertz CT molecular complexity index is 606. The standard InChI is InChI=1S/C15H17N3O4/c1-11(15(19)18-6-8-20-9-7-18)22-13-4-2-12(3-5-13)14-17-16-10-21-14/h2-5,10-11H,6-9H2,1H3/t11-/m0/s1. The normalized spacial score (nSPS) is 16.3. The first-order valence-electron chi connectivity index (χ1n) is 7.14. The molecule has 116 valence electrons. The largest absolute Gasteiger partial charge is 0.481 e. The van der Waals surface area contributed by atoms with Crippen LogP contribution in [0, 0.1) is 0 Å². The van der Waals surface area contributed by atoms with Gasteiger partial charge in [-0.25, -0.2) is 0 Å². The molecule has 2 aromatic rings. The smallest absolute Gasteiger partial charge is 0.263 e. The van der Waals surface area contributed by atoms with Gasteiger partial charge < -0.3 is 18.8 Å². The molecule has 1 aliphatic heterocycles. The number of hydrogen-bond donors (Lipinski definition) is 0. The van der Waals surface area contributed by atoms with Gasteiger partial charge in [-0.2, -0.15) is 0 Å². The molecule has 1 aromatic heterocycles. The lowest BCUT2D eigenvalue weighted by Crippen LogP contribution is -2.46. The van der Waals surface area contributed by atoms with E-state index < -0.39 is 6.10 Å². The summed E-state index contributed by atoms with van der Waals surface area (Å²) in [5, 5.41) is 7.47. The number of aromatic nitrogens is 2. The van der Waals surface area contributed by atoms with Gasteiger partial charge in [0.2, 0.25) is 12.3 Å². The number of rotatable bonds is 4. The van der Waals surface area contributed by atoms with E-state index in [0.29, 0.717) is 37.9 Å². The summed E-state index contributed by atoms with van der Waals surface area (Å²) in [5.41, 5.74) is 0.803. The molecular weight excluding hydrogens is 286 g/mol. The zero-order chi connectivity index (χ0) is 15.4. The van der Waals surface area contributed by atoms with Crippen molar-refractivity contribution in [1.82, 2.24) is 15.1 Å². The molecule has 0 unspecified atom stereocenters. The number of amides is 1. The summed E-state index contributed by atoms with van der Waals surface area (Å²) in [6, 6.07) is 7.19. The summed E-state index contributed by atoms with van der Waals surface area (Å²) in [7, 11) is 0. The van der Waals surface area contributed by atoms with E-state index >= 15 is 0 Å². The van der Waals surface area contributed by atoms with E-state index in [0.717, 1.165) is 5.56 Å². The highest BCUT2D eigenvalue weighted by molar-refractivity contribution is 5.81. The van der Waals surface area contributed by atoms with Crippen molar-refractivity contribution in [3.05, 3.63) is 30.7 Å². The lowest BCUT2D eigenvalue weighted by molar-refractivity contribution is -0.142. The van der Waals surface area contributed by atoms with Crippen LogP contribution < -0.4 is 4.74 Å². The molecule has 0 spiro atoms. The molecule has 0 bridgehead atoms. The highest BCUT2D eigenvalue weighted by Crippen LogP contribution is 2.21. The molecule has 1 aliphatic rings. The topological polar surface area (TPSA) is 77.7 Å². The van der Waals surface area contributed by atoms with E-state index in [9.17, 15) is 4.79 Å². The maximum Gasteiger partial charge on any atom is 0.263 e. The van der Waals surface area contributed by atoms with Gasteiger partial charge in [0.1, 0.15) is 5.75 Å². The molecule has 7 heteroatoms. The fourth-order valence-corrected chi connectivity index (χ4v) is 2.27. The molecule has 0 aliphatic carbocycles. The summed E-state index contributed by atoms with van der Waals surface area (Å²) in [5.74, 6) is 1.05. The van der Waals surface area contributed by atoms with Crippen LogP contribution in [0.5, 0.6) is 5.75 Å². The molecule has 1 aromatic carbocycles. The SMILES string of the molecule is C[C@H](Oc1ccc(-c2nnco2)cc1)C(=O)N1CCOCC1. The first kappa shape index (κ1) is 14.5. The van der Waals surface area contributed by atoms with Crippen LogP contribution in [0.4, 0.5) is 0 Å². The summed E-state index contributed by atoms with van der Waals surface area (Å²) in [4.78, 5) is 14.0. The van der Waals surface area contributed by atoms with Crippen molar-refractivity contribution in [3.63, 3.8) is 0 Å². The van der Waals surface area contributed by atoms with Gasteiger partial charge in [-0.3, -0.25) is 4.79 Å². The van der Waals surface area contributed by atoms with Crippen LogP contribution in [0.3, 0.4) is 0 Å². The summed E-state index contributed by atoms with van der Waals surface area (Å²) in [6.07, 6.45) is 0.746. The number of nitrogens with zero attached hydrogens (tertiary/aromatic N) is 3. The number of hydrogen-bond acceptors (Lipinski definition) is 6. The van der Waals surface area contributed by atoms with Crippen LogP contribution in [-0.2, 0) is 9.53 Å². The Morgan fingerprint density at radius 2 is 2.00 bits per heavy atom. The van der Waals surface area contributed by atoms with Crippen LogP contribution in [0.15, 0.2) is 35.1 Å². The van der Waals surface area contributed by atoms with Gasteiger partial charge in [-0.1, -0.05) is 0 Å². The van der Waals surface area contributed by atoms with E-state index in [1.165, 1.54) is 6.39 Å².